The van der Waals surface area contributed by atoms with E-state index in [-0.39, 0.29) is 0 Å². The van der Waals surface area contributed by atoms with Gasteiger partial charge >= 0.3 is 0 Å². The van der Waals surface area contributed by atoms with Crippen LogP contribution in [0.5, 0.6) is 5.75 Å². The van der Waals surface area contributed by atoms with E-state index in [1.807, 2.05) is 6.07 Å². The van der Waals surface area contributed by atoms with E-state index >= 15 is 0 Å². The molecule has 1 aromatic heterocycles. The number of thiazole rings is 1. The fraction of sp³-hybridized carbons (Fsp3) is 0.364. The summed E-state index contributed by atoms with van der Waals surface area (Å²) in [5.74, 6) is 0.919. The van der Waals surface area contributed by atoms with Crippen molar-refractivity contribution in [1.29, 1.82) is 0 Å². The van der Waals surface area contributed by atoms with Crippen LogP contribution in [0.25, 0.3) is 10.2 Å². The summed E-state index contributed by atoms with van der Waals surface area (Å²) in [5, 5.41) is 10.4. The molecular formula is C11H13NOS. The van der Waals surface area contributed by atoms with Gasteiger partial charge < -0.3 is 5.11 Å². The first-order chi connectivity index (χ1) is 6.65. The number of rotatable bonds is 2. The number of aromatic hydroxyl groups is 1. The first-order valence-corrected chi connectivity index (χ1v) is 5.55. The molecule has 0 fully saturated rings. The molecule has 1 aromatic carbocycles. The SMILES string of the molecule is CC(C)Cc1nc2cc(O)ccc2s1. The highest BCUT2D eigenvalue weighted by Crippen LogP contribution is 2.26. The van der Waals surface area contributed by atoms with E-state index in [1.54, 1.807) is 23.5 Å². The van der Waals surface area contributed by atoms with E-state index in [9.17, 15) is 5.11 Å². The highest BCUT2D eigenvalue weighted by Gasteiger charge is 2.05. The van der Waals surface area contributed by atoms with Crippen molar-refractivity contribution in [3.63, 3.8) is 0 Å². The van der Waals surface area contributed by atoms with Crippen LogP contribution in [0.15, 0.2) is 18.2 Å². The Morgan fingerprint density at radius 3 is 2.93 bits per heavy atom. The van der Waals surface area contributed by atoms with Crippen molar-refractivity contribution >= 4 is 21.6 Å². The molecule has 0 saturated carbocycles. The summed E-state index contributed by atoms with van der Waals surface area (Å²) in [6.45, 7) is 4.37. The number of aromatic nitrogens is 1. The summed E-state index contributed by atoms with van der Waals surface area (Å²) in [4.78, 5) is 4.47. The van der Waals surface area contributed by atoms with E-state index in [0.717, 1.165) is 21.6 Å². The van der Waals surface area contributed by atoms with E-state index in [4.69, 9.17) is 0 Å². The van der Waals surface area contributed by atoms with Crippen molar-refractivity contribution in [3.8, 4) is 5.75 Å². The Morgan fingerprint density at radius 2 is 2.21 bits per heavy atom. The molecule has 2 aromatic rings. The van der Waals surface area contributed by atoms with Crippen LogP contribution in [0, 0.1) is 5.92 Å². The minimum atomic E-state index is 0.291. The lowest BCUT2D eigenvalue weighted by Crippen LogP contribution is -1.91. The molecule has 0 radical (unpaired) electrons. The topological polar surface area (TPSA) is 33.1 Å². The minimum absolute atomic E-state index is 0.291. The molecule has 0 aliphatic heterocycles. The van der Waals surface area contributed by atoms with Crippen LogP contribution in [0.1, 0.15) is 18.9 Å². The second-order valence-electron chi connectivity index (χ2n) is 3.86. The van der Waals surface area contributed by atoms with Crippen LogP contribution in [0.3, 0.4) is 0 Å². The van der Waals surface area contributed by atoms with Gasteiger partial charge in [-0.3, -0.25) is 0 Å². The van der Waals surface area contributed by atoms with Gasteiger partial charge in [-0.05, 0) is 18.1 Å². The van der Waals surface area contributed by atoms with Gasteiger partial charge in [0.05, 0.1) is 15.2 Å². The number of phenolic OH excluding ortho intramolecular Hbond substituents is 1. The molecule has 1 heterocycles. The van der Waals surface area contributed by atoms with Crippen molar-refractivity contribution in [3.05, 3.63) is 23.2 Å². The van der Waals surface area contributed by atoms with Crippen LogP contribution in [0.2, 0.25) is 0 Å². The van der Waals surface area contributed by atoms with Gasteiger partial charge in [0.25, 0.3) is 0 Å². The number of hydrogen-bond donors (Lipinski definition) is 1. The average molecular weight is 207 g/mol. The quantitative estimate of drug-likeness (QED) is 0.820. The molecule has 2 nitrogen and oxygen atoms in total. The van der Waals surface area contributed by atoms with Gasteiger partial charge in [0, 0.05) is 12.5 Å². The predicted octanol–water partition coefficient (Wildman–Crippen LogP) is 3.20. The van der Waals surface area contributed by atoms with Crippen LogP contribution in [0.4, 0.5) is 0 Å². The maximum Gasteiger partial charge on any atom is 0.117 e. The largest absolute Gasteiger partial charge is 0.508 e. The number of nitrogens with zero attached hydrogens (tertiary/aromatic N) is 1. The van der Waals surface area contributed by atoms with Gasteiger partial charge in [0.15, 0.2) is 0 Å². The van der Waals surface area contributed by atoms with Gasteiger partial charge in [-0.25, -0.2) is 4.98 Å². The van der Waals surface area contributed by atoms with Crippen molar-refractivity contribution < 1.29 is 5.11 Å². The normalized spacial score (nSPS) is 11.4. The van der Waals surface area contributed by atoms with Crippen molar-refractivity contribution in [2.24, 2.45) is 5.92 Å². The summed E-state index contributed by atoms with van der Waals surface area (Å²) < 4.78 is 1.15. The Labute approximate surface area is 87.2 Å². The summed E-state index contributed by atoms with van der Waals surface area (Å²) in [6, 6.07) is 5.35. The van der Waals surface area contributed by atoms with E-state index < -0.39 is 0 Å². The molecule has 14 heavy (non-hydrogen) atoms. The third kappa shape index (κ3) is 1.87. The van der Waals surface area contributed by atoms with Gasteiger partial charge in [-0.1, -0.05) is 13.8 Å². The smallest absolute Gasteiger partial charge is 0.117 e. The van der Waals surface area contributed by atoms with Gasteiger partial charge in [0.2, 0.25) is 0 Å². The first kappa shape index (κ1) is 9.46. The second kappa shape index (κ2) is 3.58. The number of hydrogen-bond acceptors (Lipinski definition) is 3. The predicted molar refractivity (Wildman–Crippen MR) is 59.8 cm³/mol. The Balaban J connectivity index is 2.41. The number of fused-ring (bicyclic) bond motifs is 1. The highest BCUT2D eigenvalue weighted by molar-refractivity contribution is 7.18. The summed E-state index contributed by atoms with van der Waals surface area (Å²) in [5.41, 5.74) is 0.908. The summed E-state index contributed by atoms with van der Waals surface area (Å²) in [7, 11) is 0. The average Bonchev–Trinajstić information content (AvgIpc) is 2.44. The number of phenols is 1. The fourth-order valence-corrected chi connectivity index (χ4v) is 2.56. The highest BCUT2D eigenvalue weighted by atomic mass is 32.1. The molecule has 0 amide bonds. The Hall–Kier alpha value is -1.09. The van der Waals surface area contributed by atoms with Crippen molar-refractivity contribution in [2.45, 2.75) is 20.3 Å². The zero-order valence-electron chi connectivity index (χ0n) is 8.32. The molecule has 3 heteroatoms. The Bertz CT molecular complexity index is 447. The summed E-state index contributed by atoms with van der Waals surface area (Å²) in [6.07, 6.45) is 1.01. The molecule has 2 rings (SSSR count). The van der Waals surface area contributed by atoms with Gasteiger partial charge in [0.1, 0.15) is 5.75 Å². The number of benzene rings is 1. The zero-order valence-corrected chi connectivity index (χ0v) is 9.14. The molecule has 0 atom stereocenters. The third-order valence-electron chi connectivity index (χ3n) is 2.00. The van der Waals surface area contributed by atoms with E-state index in [1.165, 1.54) is 0 Å². The first-order valence-electron chi connectivity index (χ1n) is 4.73. The third-order valence-corrected chi connectivity index (χ3v) is 3.06. The molecule has 0 saturated heterocycles. The lowest BCUT2D eigenvalue weighted by atomic mass is 10.1. The van der Waals surface area contributed by atoms with Crippen LogP contribution >= 0.6 is 11.3 Å². The Kier molecular flexibility index (Phi) is 2.42. The van der Waals surface area contributed by atoms with E-state index in [0.29, 0.717) is 11.7 Å². The molecule has 1 N–H and O–H groups in total. The van der Waals surface area contributed by atoms with Crippen LogP contribution in [-0.2, 0) is 6.42 Å². The van der Waals surface area contributed by atoms with Gasteiger partial charge in [-0.2, -0.15) is 0 Å². The summed E-state index contributed by atoms with van der Waals surface area (Å²) >= 11 is 1.71. The Morgan fingerprint density at radius 1 is 1.43 bits per heavy atom. The van der Waals surface area contributed by atoms with Crippen LogP contribution < -0.4 is 0 Å². The maximum absolute atomic E-state index is 9.29. The molecule has 0 bridgehead atoms. The van der Waals surface area contributed by atoms with E-state index in [2.05, 4.69) is 18.8 Å². The minimum Gasteiger partial charge on any atom is -0.508 e. The molecule has 0 unspecified atom stereocenters. The van der Waals surface area contributed by atoms with Crippen molar-refractivity contribution in [2.75, 3.05) is 0 Å². The second-order valence-corrected chi connectivity index (χ2v) is 4.97. The lowest BCUT2D eigenvalue weighted by Gasteiger charge is -1.97. The van der Waals surface area contributed by atoms with Crippen LogP contribution in [-0.4, -0.2) is 10.1 Å². The van der Waals surface area contributed by atoms with Gasteiger partial charge in [-0.15, -0.1) is 11.3 Å². The molecule has 0 aliphatic rings. The monoisotopic (exact) mass is 207 g/mol. The zero-order chi connectivity index (χ0) is 10.1. The standard InChI is InChI=1S/C11H13NOS/c1-7(2)5-11-12-9-6-8(13)3-4-10(9)14-11/h3-4,6-7,13H,5H2,1-2H3. The maximum atomic E-state index is 9.29. The molecular weight excluding hydrogens is 194 g/mol. The fourth-order valence-electron chi connectivity index (χ4n) is 1.40. The lowest BCUT2D eigenvalue weighted by molar-refractivity contribution is 0.476. The molecule has 0 spiro atoms. The molecule has 0 aliphatic carbocycles. The molecule has 74 valence electrons. The van der Waals surface area contributed by atoms with Crippen molar-refractivity contribution in [1.82, 2.24) is 4.98 Å².